The van der Waals surface area contributed by atoms with Gasteiger partial charge in [0.2, 0.25) is 0 Å². The number of esters is 1. The molecule has 1 aliphatic heterocycles. The maximum absolute atomic E-state index is 12.6. The number of aromatic amines is 1. The zero-order valence-electron chi connectivity index (χ0n) is 13.9. The summed E-state index contributed by atoms with van der Waals surface area (Å²) < 4.78 is 10.4. The highest BCUT2D eigenvalue weighted by Gasteiger charge is 2.27. The van der Waals surface area contributed by atoms with Crippen molar-refractivity contribution in [3.8, 4) is 0 Å². The molecule has 0 aromatic carbocycles. The number of morpholine rings is 1. The van der Waals surface area contributed by atoms with Crippen molar-refractivity contribution in [1.29, 1.82) is 0 Å². The SMILES string of the molecule is COC(=O)c1c(C)[nH]c(C(=O)CN2C[C@@H](C)O[C@@H](C)C2)c1C. The monoisotopic (exact) mass is 308 g/mol. The van der Waals surface area contributed by atoms with Gasteiger partial charge in [-0.15, -0.1) is 0 Å². The van der Waals surface area contributed by atoms with Crippen molar-refractivity contribution in [2.45, 2.75) is 39.9 Å². The summed E-state index contributed by atoms with van der Waals surface area (Å²) in [5.74, 6) is -0.434. The lowest BCUT2D eigenvalue weighted by molar-refractivity contribution is -0.0652. The first-order chi connectivity index (χ1) is 10.3. The van der Waals surface area contributed by atoms with Crippen LogP contribution in [0.5, 0.6) is 0 Å². The molecule has 122 valence electrons. The largest absolute Gasteiger partial charge is 0.465 e. The molecule has 1 aliphatic rings. The molecule has 0 spiro atoms. The Morgan fingerprint density at radius 2 is 1.86 bits per heavy atom. The van der Waals surface area contributed by atoms with Crippen LogP contribution in [0.3, 0.4) is 0 Å². The van der Waals surface area contributed by atoms with E-state index in [4.69, 9.17) is 9.47 Å². The summed E-state index contributed by atoms with van der Waals surface area (Å²) in [6.45, 7) is 9.35. The van der Waals surface area contributed by atoms with Gasteiger partial charge in [-0.25, -0.2) is 4.79 Å². The van der Waals surface area contributed by atoms with E-state index in [1.165, 1.54) is 7.11 Å². The number of hydrogen-bond acceptors (Lipinski definition) is 5. The van der Waals surface area contributed by atoms with E-state index in [-0.39, 0.29) is 18.0 Å². The average Bonchev–Trinajstić information content (AvgIpc) is 2.72. The number of ether oxygens (including phenoxy) is 2. The number of aryl methyl sites for hydroxylation is 1. The minimum Gasteiger partial charge on any atom is -0.465 e. The van der Waals surface area contributed by atoms with Crippen molar-refractivity contribution in [2.24, 2.45) is 0 Å². The van der Waals surface area contributed by atoms with E-state index in [2.05, 4.69) is 9.88 Å². The van der Waals surface area contributed by atoms with Gasteiger partial charge in [0, 0.05) is 18.8 Å². The number of Topliss-reactive ketones (excluding diaryl/α,β-unsaturated/α-hetero) is 1. The first-order valence-electron chi connectivity index (χ1n) is 7.52. The molecule has 0 radical (unpaired) electrons. The summed E-state index contributed by atoms with van der Waals surface area (Å²) in [6.07, 6.45) is 0.238. The van der Waals surface area contributed by atoms with Crippen molar-refractivity contribution in [1.82, 2.24) is 9.88 Å². The molecular formula is C16H24N2O4. The Morgan fingerprint density at radius 3 is 2.41 bits per heavy atom. The van der Waals surface area contributed by atoms with Crippen molar-refractivity contribution in [3.63, 3.8) is 0 Å². The molecule has 0 saturated carbocycles. The van der Waals surface area contributed by atoms with Crippen molar-refractivity contribution >= 4 is 11.8 Å². The fourth-order valence-corrected chi connectivity index (χ4v) is 3.13. The van der Waals surface area contributed by atoms with Crippen LogP contribution in [0.2, 0.25) is 0 Å². The van der Waals surface area contributed by atoms with Crippen LogP contribution in [0.15, 0.2) is 0 Å². The maximum atomic E-state index is 12.6. The molecule has 0 bridgehead atoms. The summed E-state index contributed by atoms with van der Waals surface area (Å²) in [4.78, 5) is 29.5. The van der Waals surface area contributed by atoms with E-state index in [1.807, 2.05) is 13.8 Å². The Kier molecular flexibility index (Phi) is 5.03. The number of hydrogen-bond donors (Lipinski definition) is 1. The average molecular weight is 308 g/mol. The molecule has 1 saturated heterocycles. The summed E-state index contributed by atoms with van der Waals surface area (Å²) >= 11 is 0. The lowest BCUT2D eigenvalue weighted by atomic mass is 10.1. The van der Waals surface area contributed by atoms with Gasteiger partial charge in [0.25, 0.3) is 0 Å². The Labute approximate surface area is 130 Å². The molecule has 2 rings (SSSR count). The summed E-state index contributed by atoms with van der Waals surface area (Å²) in [6, 6.07) is 0. The predicted octanol–water partition coefficient (Wildman–Crippen LogP) is 1.71. The number of H-pyrrole nitrogens is 1. The second-order valence-corrected chi connectivity index (χ2v) is 5.99. The number of nitrogens with one attached hydrogen (secondary N) is 1. The second kappa shape index (κ2) is 6.62. The minimum absolute atomic E-state index is 0.0166. The maximum Gasteiger partial charge on any atom is 0.339 e. The van der Waals surface area contributed by atoms with Crippen LogP contribution < -0.4 is 0 Å². The highest BCUT2D eigenvalue weighted by molar-refractivity contribution is 6.02. The number of carbonyl (C=O) groups excluding carboxylic acids is 2. The quantitative estimate of drug-likeness (QED) is 0.677. The normalized spacial score (nSPS) is 22.6. The summed E-state index contributed by atoms with van der Waals surface area (Å²) in [5.41, 5.74) is 2.26. The smallest absolute Gasteiger partial charge is 0.339 e. The van der Waals surface area contributed by atoms with E-state index in [1.54, 1.807) is 13.8 Å². The van der Waals surface area contributed by atoms with Gasteiger partial charge in [-0.2, -0.15) is 0 Å². The molecule has 0 amide bonds. The van der Waals surface area contributed by atoms with Crippen molar-refractivity contribution < 1.29 is 19.1 Å². The topological polar surface area (TPSA) is 71.6 Å². The second-order valence-electron chi connectivity index (χ2n) is 5.99. The Bertz CT molecular complexity index is 569. The van der Waals surface area contributed by atoms with Crippen molar-refractivity contribution in [3.05, 3.63) is 22.5 Å². The number of ketones is 1. The molecule has 6 heteroatoms. The van der Waals surface area contributed by atoms with Gasteiger partial charge >= 0.3 is 5.97 Å². The molecule has 0 aliphatic carbocycles. The van der Waals surface area contributed by atoms with Crippen molar-refractivity contribution in [2.75, 3.05) is 26.7 Å². The van der Waals surface area contributed by atoms with Gasteiger partial charge in [0.1, 0.15) is 0 Å². The van der Waals surface area contributed by atoms with E-state index >= 15 is 0 Å². The standard InChI is InChI=1S/C16H24N2O4/c1-9-6-18(7-10(2)22-9)8-13(19)15-11(3)14(12(4)17-15)16(20)21-5/h9-10,17H,6-8H2,1-5H3/t9-,10+. The van der Waals surface area contributed by atoms with E-state index in [9.17, 15) is 9.59 Å². The van der Waals surface area contributed by atoms with Gasteiger partial charge in [0.05, 0.1) is 37.1 Å². The number of rotatable bonds is 4. The number of carbonyl (C=O) groups is 2. The van der Waals surface area contributed by atoms with Crippen LogP contribution in [0, 0.1) is 13.8 Å². The third kappa shape index (κ3) is 3.39. The van der Waals surface area contributed by atoms with Crippen LogP contribution in [0.4, 0.5) is 0 Å². The molecule has 22 heavy (non-hydrogen) atoms. The first-order valence-corrected chi connectivity index (χ1v) is 7.52. The molecule has 6 nitrogen and oxygen atoms in total. The summed E-state index contributed by atoms with van der Waals surface area (Å²) in [5, 5.41) is 0. The van der Waals surface area contributed by atoms with Crippen LogP contribution >= 0.6 is 0 Å². The highest BCUT2D eigenvalue weighted by atomic mass is 16.5. The minimum atomic E-state index is -0.418. The van der Waals surface area contributed by atoms with Crippen LogP contribution in [-0.2, 0) is 9.47 Å². The first kappa shape index (κ1) is 16.7. The lowest BCUT2D eigenvalue weighted by Gasteiger charge is -2.34. The van der Waals surface area contributed by atoms with Crippen LogP contribution in [0.25, 0.3) is 0 Å². The molecule has 2 atom stereocenters. The molecule has 1 N–H and O–H groups in total. The predicted molar refractivity (Wildman–Crippen MR) is 82.4 cm³/mol. The number of aromatic nitrogens is 1. The third-order valence-corrected chi connectivity index (χ3v) is 3.97. The molecule has 1 aromatic rings. The molecule has 1 aromatic heterocycles. The van der Waals surface area contributed by atoms with Gasteiger partial charge in [-0.05, 0) is 33.3 Å². The Balaban J connectivity index is 2.15. The third-order valence-electron chi connectivity index (χ3n) is 3.97. The van der Waals surface area contributed by atoms with E-state index in [0.29, 0.717) is 29.1 Å². The van der Waals surface area contributed by atoms with Crippen LogP contribution in [-0.4, -0.2) is 60.6 Å². The zero-order valence-corrected chi connectivity index (χ0v) is 13.9. The Hall–Kier alpha value is -1.66. The highest BCUT2D eigenvalue weighted by Crippen LogP contribution is 2.20. The molecule has 2 heterocycles. The zero-order chi connectivity index (χ0) is 16.4. The van der Waals surface area contributed by atoms with Gasteiger partial charge in [-0.1, -0.05) is 0 Å². The van der Waals surface area contributed by atoms with E-state index < -0.39 is 5.97 Å². The molecule has 1 fully saturated rings. The lowest BCUT2D eigenvalue weighted by Crippen LogP contribution is -2.47. The van der Waals surface area contributed by atoms with E-state index in [0.717, 1.165) is 13.1 Å². The molecular weight excluding hydrogens is 284 g/mol. The van der Waals surface area contributed by atoms with Gasteiger partial charge < -0.3 is 14.5 Å². The van der Waals surface area contributed by atoms with Gasteiger partial charge in [-0.3, -0.25) is 9.69 Å². The molecule has 0 unspecified atom stereocenters. The van der Waals surface area contributed by atoms with Gasteiger partial charge in [0.15, 0.2) is 5.78 Å². The van der Waals surface area contributed by atoms with Crippen LogP contribution in [0.1, 0.15) is 46.0 Å². The fourth-order valence-electron chi connectivity index (χ4n) is 3.13. The number of nitrogens with zero attached hydrogens (tertiary/aromatic N) is 1. The summed E-state index contributed by atoms with van der Waals surface area (Å²) in [7, 11) is 1.34. The number of methoxy groups -OCH3 is 1. The fraction of sp³-hybridized carbons (Fsp3) is 0.625. The Morgan fingerprint density at radius 1 is 1.27 bits per heavy atom.